The molecule has 0 bridgehead atoms. The van der Waals surface area contributed by atoms with Crippen molar-refractivity contribution in [3.05, 3.63) is 59.1 Å². The average molecular weight is 465 g/mol. The van der Waals surface area contributed by atoms with Gasteiger partial charge in [-0.2, -0.15) is 0 Å². The summed E-state index contributed by atoms with van der Waals surface area (Å²) in [6.07, 6.45) is 9.05. The number of carbonyl (C=O) groups is 1. The molecule has 34 heavy (non-hydrogen) atoms. The molecule has 2 aliphatic rings. The molecule has 3 aromatic rings. The number of fused-ring (bicyclic) bond motifs is 2. The highest BCUT2D eigenvalue weighted by atomic mass is 19.1. The van der Waals surface area contributed by atoms with Gasteiger partial charge in [0.25, 0.3) is 0 Å². The normalized spacial score (nSPS) is 15.9. The summed E-state index contributed by atoms with van der Waals surface area (Å²) < 4.78 is 22.1. The topological polar surface area (TPSA) is 75.9 Å². The van der Waals surface area contributed by atoms with E-state index in [1.807, 2.05) is 34.5 Å². The van der Waals surface area contributed by atoms with Gasteiger partial charge in [-0.25, -0.2) is 9.37 Å². The summed E-state index contributed by atoms with van der Waals surface area (Å²) in [5, 5.41) is 8.49. The Morgan fingerprint density at radius 3 is 2.94 bits per heavy atom. The standard InChI is InChI=1S/C25H29FN6O2/c1-30(2)15-24(33)31-11-3-4-17(9-12-31)20-14-27-23(32-16-28-29-25(20)32)8-5-18-19-10-13-34-22(19)7-6-21(18)26/h4,6-7,14,16H,3,5,8-13,15H2,1-2H3. The Balaban J connectivity index is 1.34. The number of aryl methyl sites for hydroxylation is 1. The van der Waals surface area contributed by atoms with Gasteiger partial charge in [-0.3, -0.25) is 9.20 Å². The molecule has 0 saturated carbocycles. The molecule has 2 aliphatic heterocycles. The predicted octanol–water partition coefficient (Wildman–Crippen LogP) is 2.55. The van der Waals surface area contributed by atoms with Gasteiger partial charge in [0.05, 0.1) is 13.2 Å². The number of halogens is 1. The second-order valence-corrected chi connectivity index (χ2v) is 9.10. The number of likely N-dealkylation sites (N-methyl/N-ethyl adjacent to an activating group) is 1. The van der Waals surface area contributed by atoms with Gasteiger partial charge in [-0.1, -0.05) is 6.08 Å². The van der Waals surface area contributed by atoms with Crippen LogP contribution in [0.2, 0.25) is 0 Å². The first-order valence-corrected chi connectivity index (χ1v) is 11.7. The van der Waals surface area contributed by atoms with Gasteiger partial charge in [0.1, 0.15) is 23.7 Å². The molecule has 0 N–H and O–H groups in total. The van der Waals surface area contributed by atoms with E-state index >= 15 is 0 Å². The largest absolute Gasteiger partial charge is 0.493 e. The summed E-state index contributed by atoms with van der Waals surface area (Å²) in [4.78, 5) is 21.0. The van der Waals surface area contributed by atoms with Gasteiger partial charge in [-0.15, -0.1) is 10.2 Å². The number of amides is 1. The third kappa shape index (κ3) is 4.40. The first-order chi connectivity index (χ1) is 16.5. The number of ether oxygens (including phenoxy) is 1. The van der Waals surface area contributed by atoms with Crippen molar-refractivity contribution in [2.45, 2.75) is 32.1 Å². The second kappa shape index (κ2) is 9.50. The van der Waals surface area contributed by atoms with Crippen molar-refractivity contribution in [3.8, 4) is 5.75 Å². The summed E-state index contributed by atoms with van der Waals surface area (Å²) in [5.41, 5.74) is 4.47. The lowest BCUT2D eigenvalue weighted by atomic mass is 9.99. The van der Waals surface area contributed by atoms with Crippen LogP contribution in [0.15, 0.2) is 30.7 Å². The average Bonchev–Trinajstić information content (AvgIpc) is 3.42. The van der Waals surface area contributed by atoms with Crippen LogP contribution in [0.1, 0.15) is 35.4 Å². The molecule has 0 spiro atoms. The molecule has 0 saturated heterocycles. The lowest BCUT2D eigenvalue weighted by Crippen LogP contribution is -2.38. The molecule has 8 nitrogen and oxygen atoms in total. The molecule has 1 amide bonds. The maximum atomic E-state index is 14.6. The summed E-state index contributed by atoms with van der Waals surface area (Å²) in [6.45, 7) is 2.39. The van der Waals surface area contributed by atoms with Gasteiger partial charge in [0, 0.05) is 43.3 Å². The van der Waals surface area contributed by atoms with Gasteiger partial charge in [0.2, 0.25) is 5.91 Å². The zero-order chi connectivity index (χ0) is 23.7. The van der Waals surface area contributed by atoms with Gasteiger partial charge < -0.3 is 14.5 Å². The highest BCUT2D eigenvalue weighted by Crippen LogP contribution is 2.31. The summed E-state index contributed by atoms with van der Waals surface area (Å²) in [6, 6.07) is 3.19. The number of carbonyl (C=O) groups excluding carboxylic acids is 1. The van der Waals surface area contributed by atoms with Crippen LogP contribution in [0.25, 0.3) is 11.2 Å². The van der Waals surface area contributed by atoms with Crippen LogP contribution in [-0.4, -0.2) is 75.6 Å². The minimum atomic E-state index is -0.196. The van der Waals surface area contributed by atoms with E-state index in [4.69, 9.17) is 9.72 Å². The van der Waals surface area contributed by atoms with Crippen molar-refractivity contribution >= 4 is 17.1 Å². The number of benzene rings is 1. The predicted molar refractivity (Wildman–Crippen MR) is 126 cm³/mol. The first kappa shape index (κ1) is 22.5. The third-order valence-corrected chi connectivity index (χ3v) is 6.54. The van der Waals surface area contributed by atoms with Crippen molar-refractivity contribution in [3.63, 3.8) is 0 Å². The fourth-order valence-electron chi connectivity index (χ4n) is 4.83. The van der Waals surface area contributed by atoms with Crippen molar-refractivity contribution < 1.29 is 13.9 Å². The number of aromatic nitrogens is 4. The smallest absolute Gasteiger partial charge is 0.236 e. The lowest BCUT2D eigenvalue weighted by molar-refractivity contribution is -0.131. The minimum Gasteiger partial charge on any atom is -0.493 e. The number of rotatable bonds is 6. The maximum absolute atomic E-state index is 14.6. The molecule has 5 rings (SSSR count). The molecular weight excluding hydrogens is 435 g/mol. The molecule has 1 aromatic carbocycles. The molecule has 178 valence electrons. The molecule has 0 aliphatic carbocycles. The van der Waals surface area contributed by atoms with Crippen LogP contribution in [-0.2, 0) is 24.1 Å². The van der Waals surface area contributed by atoms with Crippen molar-refractivity contribution in [1.82, 2.24) is 29.4 Å². The van der Waals surface area contributed by atoms with Crippen LogP contribution in [0.3, 0.4) is 0 Å². The zero-order valence-electron chi connectivity index (χ0n) is 19.6. The summed E-state index contributed by atoms with van der Waals surface area (Å²) >= 11 is 0. The Morgan fingerprint density at radius 1 is 1.21 bits per heavy atom. The molecule has 9 heteroatoms. The van der Waals surface area contributed by atoms with Crippen molar-refractivity contribution in [2.24, 2.45) is 0 Å². The minimum absolute atomic E-state index is 0.144. The Labute approximate surface area is 198 Å². The monoisotopic (exact) mass is 464 g/mol. The first-order valence-electron chi connectivity index (χ1n) is 11.7. The van der Waals surface area contributed by atoms with E-state index < -0.39 is 0 Å². The van der Waals surface area contributed by atoms with Gasteiger partial charge in [-0.05, 0) is 56.6 Å². The van der Waals surface area contributed by atoms with E-state index in [2.05, 4.69) is 16.3 Å². The number of hydrogen-bond acceptors (Lipinski definition) is 6. The molecule has 0 unspecified atom stereocenters. The molecule has 0 fully saturated rings. The Hall–Kier alpha value is -3.33. The Morgan fingerprint density at radius 2 is 2.09 bits per heavy atom. The van der Waals surface area contributed by atoms with E-state index in [0.717, 1.165) is 53.2 Å². The van der Waals surface area contributed by atoms with Crippen molar-refractivity contribution in [1.29, 1.82) is 0 Å². The third-order valence-electron chi connectivity index (χ3n) is 6.54. The number of nitrogens with zero attached hydrogens (tertiary/aromatic N) is 6. The Kier molecular flexibility index (Phi) is 6.28. The van der Waals surface area contributed by atoms with Gasteiger partial charge in [0.15, 0.2) is 5.65 Å². The number of hydrogen-bond donors (Lipinski definition) is 0. The highest BCUT2D eigenvalue weighted by molar-refractivity contribution is 5.80. The molecular formula is C25H29FN6O2. The zero-order valence-corrected chi connectivity index (χ0v) is 19.6. The lowest BCUT2D eigenvalue weighted by Gasteiger charge is -2.22. The van der Waals surface area contributed by atoms with Gasteiger partial charge >= 0.3 is 0 Å². The van der Waals surface area contributed by atoms with Crippen LogP contribution in [0, 0.1) is 5.82 Å². The summed E-state index contributed by atoms with van der Waals surface area (Å²) in [7, 11) is 3.81. The highest BCUT2D eigenvalue weighted by Gasteiger charge is 2.22. The Bertz CT molecular complexity index is 1250. The van der Waals surface area contributed by atoms with E-state index in [-0.39, 0.29) is 11.7 Å². The summed E-state index contributed by atoms with van der Waals surface area (Å²) in [5.74, 6) is 1.52. The van der Waals surface area contributed by atoms with E-state index in [9.17, 15) is 9.18 Å². The SMILES string of the molecule is CN(C)CC(=O)N1CCC=C(c2cnc(CCc3c(F)ccc4c3CCO4)n3cnnc23)CC1. The van der Waals surface area contributed by atoms with Crippen LogP contribution >= 0.6 is 0 Å². The fraction of sp³-hybridized carbons (Fsp3) is 0.440. The molecule has 2 aromatic heterocycles. The van der Waals surface area contributed by atoms with E-state index in [0.29, 0.717) is 44.6 Å². The molecule has 0 radical (unpaired) electrons. The maximum Gasteiger partial charge on any atom is 0.236 e. The van der Waals surface area contributed by atoms with Crippen LogP contribution in [0.5, 0.6) is 5.75 Å². The second-order valence-electron chi connectivity index (χ2n) is 9.10. The molecule has 4 heterocycles. The van der Waals surface area contributed by atoms with Crippen LogP contribution < -0.4 is 4.74 Å². The van der Waals surface area contributed by atoms with E-state index in [1.54, 1.807) is 12.4 Å². The van der Waals surface area contributed by atoms with Crippen LogP contribution in [0.4, 0.5) is 4.39 Å². The van der Waals surface area contributed by atoms with Crippen molar-refractivity contribution in [2.75, 3.05) is 40.3 Å². The quantitative estimate of drug-likeness (QED) is 0.558. The fourth-order valence-corrected chi connectivity index (χ4v) is 4.83. The van der Waals surface area contributed by atoms with E-state index in [1.165, 1.54) is 6.07 Å². The molecule has 0 atom stereocenters.